The first kappa shape index (κ1) is 16.2. The molecule has 1 N–H and O–H groups in total. The van der Waals surface area contributed by atoms with Crippen molar-refractivity contribution in [2.45, 2.75) is 45.1 Å². The highest BCUT2D eigenvalue weighted by Gasteiger charge is 2.15. The molecule has 6 heteroatoms. The second kappa shape index (κ2) is 7.75. The van der Waals surface area contributed by atoms with Gasteiger partial charge in [0.05, 0.1) is 17.6 Å². The summed E-state index contributed by atoms with van der Waals surface area (Å²) in [6.07, 6.45) is 6.60. The van der Waals surface area contributed by atoms with Gasteiger partial charge in [0.25, 0.3) is 5.69 Å². The first-order valence-electron chi connectivity index (χ1n) is 7.38. The average molecular weight is 357 g/mol. The van der Waals surface area contributed by atoms with Gasteiger partial charge in [0, 0.05) is 28.3 Å². The Morgan fingerprint density at radius 3 is 2.76 bits per heavy atom. The van der Waals surface area contributed by atoms with Crippen LogP contribution in [0, 0.1) is 17.0 Å². The quantitative estimate of drug-likeness (QED) is 0.465. The minimum Gasteiger partial charge on any atom is -0.382 e. The topological polar surface area (TPSA) is 64.4 Å². The maximum absolute atomic E-state index is 10.9. The Kier molecular flexibility index (Phi) is 5.99. The normalized spacial score (nSPS) is 15.9. The van der Waals surface area contributed by atoms with Gasteiger partial charge in [-0.05, 0) is 41.8 Å². The van der Waals surface area contributed by atoms with Crippen LogP contribution in [0.25, 0.3) is 0 Å². The molecule has 0 atom stereocenters. The number of anilines is 1. The average Bonchev–Trinajstić information content (AvgIpc) is 2.47. The van der Waals surface area contributed by atoms with Crippen LogP contribution in [0.15, 0.2) is 16.6 Å². The number of nitrogens with one attached hydrogen (secondary N) is 1. The van der Waals surface area contributed by atoms with Gasteiger partial charge < -0.3 is 10.1 Å². The summed E-state index contributed by atoms with van der Waals surface area (Å²) in [6, 6.07) is 3.34. The fourth-order valence-electron chi connectivity index (χ4n) is 2.65. The number of halogens is 1. The van der Waals surface area contributed by atoms with Crippen LogP contribution < -0.4 is 5.32 Å². The van der Waals surface area contributed by atoms with Gasteiger partial charge >= 0.3 is 0 Å². The number of hydrogen-bond donors (Lipinski definition) is 1. The summed E-state index contributed by atoms with van der Waals surface area (Å²) in [5, 5.41) is 14.1. The summed E-state index contributed by atoms with van der Waals surface area (Å²) in [7, 11) is 0. The highest BCUT2D eigenvalue weighted by atomic mass is 79.9. The van der Waals surface area contributed by atoms with E-state index in [0.29, 0.717) is 29.3 Å². The van der Waals surface area contributed by atoms with Crippen LogP contribution >= 0.6 is 15.9 Å². The van der Waals surface area contributed by atoms with Crippen molar-refractivity contribution in [3.05, 3.63) is 32.3 Å². The monoisotopic (exact) mass is 356 g/mol. The Hall–Kier alpha value is -1.14. The van der Waals surface area contributed by atoms with Gasteiger partial charge in [0.15, 0.2) is 0 Å². The Morgan fingerprint density at radius 1 is 1.38 bits per heavy atom. The zero-order valence-corrected chi connectivity index (χ0v) is 13.8. The molecule has 21 heavy (non-hydrogen) atoms. The predicted molar refractivity (Wildman–Crippen MR) is 86.8 cm³/mol. The number of ether oxygens (including phenoxy) is 1. The number of nitro benzene ring substituents is 1. The molecular weight excluding hydrogens is 336 g/mol. The highest BCUT2D eigenvalue weighted by molar-refractivity contribution is 9.10. The highest BCUT2D eigenvalue weighted by Crippen LogP contribution is 2.30. The van der Waals surface area contributed by atoms with Gasteiger partial charge in [-0.15, -0.1) is 0 Å². The van der Waals surface area contributed by atoms with Crippen LogP contribution in [0.2, 0.25) is 0 Å². The maximum atomic E-state index is 10.9. The van der Waals surface area contributed by atoms with E-state index >= 15 is 0 Å². The van der Waals surface area contributed by atoms with Gasteiger partial charge in [0.1, 0.15) is 0 Å². The van der Waals surface area contributed by atoms with Crippen LogP contribution in [0.3, 0.4) is 0 Å². The minimum absolute atomic E-state index is 0.130. The molecular formula is C15H21BrN2O3. The van der Waals surface area contributed by atoms with Crippen molar-refractivity contribution in [3.63, 3.8) is 0 Å². The van der Waals surface area contributed by atoms with E-state index in [1.54, 1.807) is 19.1 Å². The molecule has 0 bridgehead atoms. The molecule has 0 aromatic heterocycles. The third-order valence-corrected chi connectivity index (χ3v) is 4.46. The van der Waals surface area contributed by atoms with Crippen molar-refractivity contribution >= 4 is 27.3 Å². The lowest BCUT2D eigenvalue weighted by molar-refractivity contribution is -0.385. The van der Waals surface area contributed by atoms with Gasteiger partial charge in [-0.3, -0.25) is 10.1 Å². The zero-order chi connectivity index (χ0) is 15.2. The van der Waals surface area contributed by atoms with Crippen molar-refractivity contribution in [1.82, 2.24) is 0 Å². The Bertz CT molecular complexity index is 502. The molecule has 116 valence electrons. The minimum atomic E-state index is -0.365. The van der Waals surface area contributed by atoms with Gasteiger partial charge in [-0.25, -0.2) is 0 Å². The molecule has 1 saturated carbocycles. The maximum Gasteiger partial charge on any atom is 0.273 e. The zero-order valence-electron chi connectivity index (χ0n) is 12.2. The van der Waals surface area contributed by atoms with E-state index in [1.165, 1.54) is 32.1 Å². The molecule has 0 heterocycles. The molecule has 0 saturated heterocycles. The van der Waals surface area contributed by atoms with E-state index in [-0.39, 0.29) is 10.6 Å². The van der Waals surface area contributed by atoms with Crippen LogP contribution in [0.5, 0.6) is 0 Å². The lowest BCUT2D eigenvalue weighted by Gasteiger charge is -2.22. The van der Waals surface area contributed by atoms with E-state index in [1.807, 2.05) is 0 Å². The Morgan fingerprint density at radius 2 is 2.10 bits per heavy atom. The molecule has 0 spiro atoms. The third-order valence-electron chi connectivity index (χ3n) is 3.81. The number of nitro groups is 1. The molecule has 0 radical (unpaired) electrons. The molecule has 1 aromatic carbocycles. The molecule has 0 unspecified atom stereocenters. The lowest BCUT2D eigenvalue weighted by atomic mass is 9.98. The number of nitrogens with zero attached hydrogens (tertiary/aromatic N) is 1. The van der Waals surface area contributed by atoms with Crippen LogP contribution in [0.4, 0.5) is 11.4 Å². The predicted octanol–water partition coefficient (Wildman–Crippen LogP) is 4.43. The van der Waals surface area contributed by atoms with Crippen molar-refractivity contribution in [1.29, 1.82) is 0 Å². The second-order valence-electron chi connectivity index (χ2n) is 5.43. The first-order chi connectivity index (χ1) is 10.1. The first-order valence-corrected chi connectivity index (χ1v) is 8.17. The van der Waals surface area contributed by atoms with Crippen LogP contribution in [0.1, 0.15) is 37.7 Å². The smallest absolute Gasteiger partial charge is 0.273 e. The summed E-state index contributed by atoms with van der Waals surface area (Å²) < 4.78 is 6.56. The van der Waals surface area contributed by atoms with Crippen molar-refractivity contribution in [2.24, 2.45) is 0 Å². The Balaban J connectivity index is 1.82. The van der Waals surface area contributed by atoms with Gasteiger partial charge in [0.2, 0.25) is 0 Å². The molecule has 0 aliphatic heterocycles. The third kappa shape index (κ3) is 4.68. The Labute approximate surface area is 133 Å². The fraction of sp³-hybridized carbons (Fsp3) is 0.600. The van der Waals surface area contributed by atoms with Crippen molar-refractivity contribution in [2.75, 3.05) is 18.5 Å². The van der Waals surface area contributed by atoms with Crippen molar-refractivity contribution in [3.8, 4) is 0 Å². The SMILES string of the molecule is Cc1cc(NCCOC2CCCCC2)c(Br)cc1[N+](=O)[O-]. The van der Waals surface area contributed by atoms with E-state index in [2.05, 4.69) is 21.2 Å². The molecule has 1 fully saturated rings. The molecule has 1 aromatic rings. The summed E-state index contributed by atoms with van der Waals surface area (Å²) in [6.45, 7) is 3.10. The second-order valence-corrected chi connectivity index (χ2v) is 6.29. The fourth-order valence-corrected chi connectivity index (χ4v) is 3.12. The van der Waals surface area contributed by atoms with Crippen LogP contribution in [-0.4, -0.2) is 24.2 Å². The standard InChI is InChI=1S/C15H21BrN2O3/c1-11-9-14(13(16)10-15(11)18(19)20)17-7-8-21-12-5-3-2-4-6-12/h9-10,12,17H,2-8H2,1H3. The van der Waals surface area contributed by atoms with E-state index in [0.717, 1.165) is 5.69 Å². The van der Waals surface area contributed by atoms with Crippen molar-refractivity contribution < 1.29 is 9.66 Å². The number of aryl methyl sites for hydroxylation is 1. The molecule has 2 rings (SSSR count). The van der Waals surface area contributed by atoms with Gasteiger partial charge in [-0.1, -0.05) is 19.3 Å². The number of rotatable bonds is 6. The number of hydrogen-bond acceptors (Lipinski definition) is 4. The molecule has 5 nitrogen and oxygen atoms in total. The largest absolute Gasteiger partial charge is 0.382 e. The van der Waals surface area contributed by atoms with E-state index < -0.39 is 0 Å². The number of benzene rings is 1. The summed E-state index contributed by atoms with van der Waals surface area (Å²) in [4.78, 5) is 10.5. The summed E-state index contributed by atoms with van der Waals surface area (Å²) in [5.41, 5.74) is 1.65. The summed E-state index contributed by atoms with van der Waals surface area (Å²) >= 11 is 3.37. The van der Waals surface area contributed by atoms with Crippen LogP contribution in [-0.2, 0) is 4.74 Å². The molecule has 1 aliphatic carbocycles. The lowest BCUT2D eigenvalue weighted by Crippen LogP contribution is -2.20. The molecule has 1 aliphatic rings. The summed E-state index contributed by atoms with van der Waals surface area (Å²) in [5.74, 6) is 0. The van der Waals surface area contributed by atoms with E-state index in [9.17, 15) is 10.1 Å². The molecule has 0 amide bonds. The van der Waals surface area contributed by atoms with E-state index in [4.69, 9.17) is 4.74 Å². The van der Waals surface area contributed by atoms with Gasteiger partial charge in [-0.2, -0.15) is 0 Å².